The van der Waals surface area contributed by atoms with E-state index in [1.165, 1.54) is 41.7 Å². The molecule has 1 aromatic carbocycles. The number of aryl methyl sites for hydroxylation is 2. The molecule has 1 amide bonds. The number of nitrogens with one attached hydrogen (secondary N) is 1. The summed E-state index contributed by atoms with van der Waals surface area (Å²) in [5.74, 6) is 0.102. The minimum absolute atomic E-state index is 0.0392. The fourth-order valence-electron chi connectivity index (χ4n) is 3.66. The Balaban J connectivity index is 1.47. The van der Waals surface area contributed by atoms with Crippen LogP contribution in [0.15, 0.2) is 23.6 Å². The van der Waals surface area contributed by atoms with E-state index in [0.29, 0.717) is 5.13 Å². The molecule has 0 saturated heterocycles. The summed E-state index contributed by atoms with van der Waals surface area (Å²) in [6, 6.07) is 6.78. The lowest BCUT2D eigenvalue weighted by Crippen LogP contribution is -2.23. The van der Waals surface area contributed by atoms with E-state index >= 15 is 0 Å². The van der Waals surface area contributed by atoms with Crippen molar-refractivity contribution in [2.75, 3.05) is 5.32 Å². The Morgan fingerprint density at radius 1 is 1.26 bits per heavy atom. The van der Waals surface area contributed by atoms with E-state index in [2.05, 4.69) is 28.5 Å². The topological polar surface area (TPSA) is 68.0 Å². The van der Waals surface area contributed by atoms with Gasteiger partial charge in [-0.1, -0.05) is 12.1 Å². The Hall–Kier alpha value is -1.72. The van der Waals surface area contributed by atoms with Gasteiger partial charge in [0.1, 0.15) is 0 Å². The van der Waals surface area contributed by atoms with Gasteiger partial charge >= 0.3 is 0 Å². The van der Waals surface area contributed by atoms with E-state index in [-0.39, 0.29) is 17.9 Å². The van der Waals surface area contributed by atoms with E-state index in [1.54, 1.807) is 0 Å². The van der Waals surface area contributed by atoms with Crippen molar-refractivity contribution in [1.29, 1.82) is 0 Å². The summed E-state index contributed by atoms with van der Waals surface area (Å²) >= 11 is 1.49. The molecule has 3 N–H and O–H groups in total. The lowest BCUT2D eigenvalue weighted by molar-refractivity contribution is -0.119. The third-order valence-corrected chi connectivity index (χ3v) is 5.73. The second-order valence-electron chi connectivity index (χ2n) is 6.63. The number of rotatable bonds is 3. The number of carbonyl (C=O) groups excluding carboxylic acids is 1. The highest BCUT2D eigenvalue weighted by Gasteiger charge is 2.28. The third-order valence-electron chi connectivity index (χ3n) is 4.97. The Labute approximate surface area is 140 Å². The van der Waals surface area contributed by atoms with E-state index < -0.39 is 0 Å². The van der Waals surface area contributed by atoms with Gasteiger partial charge in [0.05, 0.1) is 5.69 Å². The van der Waals surface area contributed by atoms with Crippen LogP contribution in [0.2, 0.25) is 0 Å². The van der Waals surface area contributed by atoms with Gasteiger partial charge in [0.25, 0.3) is 0 Å². The molecular weight excluding hydrogens is 306 g/mol. The van der Waals surface area contributed by atoms with Crippen LogP contribution in [0.5, 0.6) is 0 Å². The number of hydrogen-bond acceptors (Lipinski definition) is 4. The summed E-state index contributed by atoms with van der Waals surface area (Å²) in [4.78, 5) is 16.9. The molecule has 2 unspecified atom stereocenters. The average molecular weight is 327 g/mol. The zero-order chi connectivity index (χ0) is 15.8. The average Bonchev–Trinajstić information content (AvgIpc) is 3.26. The first-order valence-corrected chi connectivity index (χ1v) is 9.21. The molecule has 120 valence electrons. The zero-order valence-electron chi connectivity index (χ0n) is 13.0. The quantitative estimate of drug-likeness (QED) is 0.908. The van der Waals surface area contributed by atoms with Crippen LogP contribution in [0.1, 0.15) is 36.8 Å². The Morgan fingerprint density at radius 3 is 2.96 bits per heavy atom. The normalized spacial score (nSPS) is 23.0. The Bertz CT molecular complexity index is 740. The summed E-state index contributed by atoms with van der Waals surface area (Å²) in [7, 11) is 0. The molecule has 4 nitrogen and oxygen atoms in total. The number of nitrogens with two attached hydrogens (primary N) is 1. The fourth-order valence-corrected chi connectivity index (χ4v) is 4.38. The fraction of sp³-hybridized carbons (Fsp3) is 0.444. The Kier molecular flexibility index (Phi) is 3.91. The maximum atomic E-state index is 12.3. The Morgan fingerprint density at radius 2 is 2.13 bits per heavy atom. The van der Waals surface area contributed by atoms with Crippen molar-refractivity contribution < 1.29 is 4.79 Å². The van der Waals surface area contributed by atoms with E-state index in [1.807, 2.05) is 5.38 Å². The molecule has 1 heterocycles. The van der Waals surface area contributed by atoms with E-state index in [9.17, 15) is 4.79 Å². The van der Waals surface area contributed by atoms with Crippen LogP contribution in [0, 0.1) is 5.92 Å². The van der Waals surface area contributed by atoms with Crippen LogP contribution in [-0.2, 0) is 17.6 Å². The monoisotopic (exact) mass is 327 g/mol. The second-order valence-corrected chi connectivity index (χ2v) is 7.49. The summed E-state index contributed by atoms with van der Waals surface area (Å²) in [6.45, 7) is 0. The lowest BCUT2D eigenvalue weighted by atomic mass is 10.1. The predicted octanol–water partition coefficient (Wildman–Crippen LogP) is 3.36. The number of amides is 1. The number of anilines is 1. The van der Waals surface area contributed by atoms with Gasteiger partial charge in [-0.05, 0) is 55.7 Å². The van der Waals surface area contributed by atoms with Gasteiger partial charge < -0.3 is 11.1 Å². The van der Waals surface area contributed by atoms with Crippen molar-refractivity contribution in [2.45, 2.75) is 44.6 Å². The van der Waals surface area contributed by atoms with Gasteiger partial charge in [0.2, 0.25) is 5.91 Å². The van der Waals surface area contributed by atoms with Gasteiger partial charge in [-0.15, -0.1) is 11.3 Å². The van der Waals surface area contributed by atoms with Crippen molar-refractivity contribution in [3.63, 3.8) is 0 Å². The standard InChI is InChI=1S/C18H21N3OS/c19-15-7-6-14(9-15)17(22)21-18-20-16(10-23-18)13-5-4-11-2-1-3-12(11)8-13/h4-5,8,10,14-15H,1-3,6-7,9,19H2,(H,20,21,22). The van der Waals surface area contributed by atoms with E-state index in [0.717, 1.165) is 30.5 Å². The van der Waals surface area contributed by atoms with E-state index in [4.69, 9.17) is 5.73 Å². The van der Waals surface area contributed by atoms with Gasteiger partial charge in [0, 0.05) is 22.9 Å². The SMILES string of the molecule is NC1CCC(C(=O)Nc2nc(-c3ccc4c(c3)CCC4)cs2)C1. The number of thiazole rings is 1. The molecule has 2 aliphatic rings. The number of fused-ring (bicyclic) bond motifs is 1. The van der Waals surface area contributed by atoms with Gasteiger partial charge in [-0.25, -0.2) is 4.98 Å². The number of nitrogens with zero attached hydrogens (tertiary/aromatic N) is 1. The highest BCUT2D eigenvalue weighted by molar-refractivity contribution is 7.14. The van der Waals surface area contributed by atoms with Crippen molar-refractivity contribution >= 4 is 22.4 Å². The minimum atomic E-state index is 0.0392. The third kappa shape index (κ3) is 3.03. The molecule has 1 aromatic heterocycles. The maximum Gasteiger partial charge on any atom is 0.229 e. The van der Waals surface area contributed by atoms with Gasteiger partial charge in [-0.3, -0.25) is 4.79 Å². The van der Waals surface area contributed by atoms with Crippen LogP contribution in [-0.4, -0.2) is 16.9 Å². The molecule has 2 aliphatic carbocycles. The molecule has 1 fully saturated rings. The molecule has 2 aromatic rings. The van der Waals surface area contributed by atoms with Gasteiger partial charge in [0.15, 0.2) is 5.13 Å². The first-order valence-electron chi connectivity index (χ1n) is 8.33. The molecule has 5 heteroatoms. The van der Waals surface area contributed by atoms with Crippen LogP contribution < -0.4 is 11.1 Å². The largest absolute Gasteiger partial charge is 0.328 e. The van der Waals surface area contributed by atoms with Crippen molar-refractivity contribution in [1.82, 2.24) is 4.98 Å². The smallest absolute Gasteiger partial charge is 0.229 e. The summed E-state index contributed by atoms with van der Waals surface area (Å²) in [5, 5.41) is 5.67. The van der Waals surface area contributed by atoms with Gasteiger partial charge in [-0.2, -0.15) is 0 Å². The van der Waals surface area contributed by atoms with Crippen LogP contribution >= 0.6 is 11.3 Å². The summed E-state index contributed by atoms with van der Waals surface area (Å²) in [6.07, 6.45) is 6.22. The summed E-state index contributed by atoms with van der Waals surface area (Å²) < 4.78 is 0. The number of carbonyl (C=O) groups is 1. The molecule has 0 aliphatic heterocycles. The number of benzene rings is 1. The first kappa shape index (κ1) is 14.8. The predicted molar refractivity (Wildman–Crippen MR) is 93.5 cm³/mol. The van der Waals surface area contributed by atoms with Crippen LogP contribution in [0.3, 0.4) is 0 Å². The van der Waals surface area contributed by atoms with Crippen molar-refractivity contribution in [2.24, 2.45) is 11.7 Å². The number of hydrogen-bond donors (Lipinski definition) is 2. The van der Waals surface area contributed by atoms with Crippen molar-refractivity contribution in [3.8, 4) is 11.3 Å². The van der Waals surface area contributed by atoms with Crippen LogP contribution in [0.25, 0.3) is 11.3 Å². The first-order chi connectivity index (χ1) is 11.2. The molecular formula is C18H21N3OS. The molecule has 1 saturated carbocycles. The maximum absolute atomic E-state index is 12.3. The highest BCUT2D eigenvalue weighted by Crippen LogP contribution is 2.31. The highest BCUT2D eigenvalue weighted by atomic mass is 32.1. The van der Waals surface area contributed by atoms with Crippen LogP contribution in [0.4, 0.5) is 5.13 Å². The zero-order valence-corrected chi connectivity index (χ0v) is 13.9. The van der Waals surface area contributed by atoms with Crippen molar-refractivity contribution in [3.05, 3.63) is 34.7 Å². The molecule has 2 atom stereocenters. The molecule has 0 radical (unpaired) electrons. The molecule has 23 heavy (non-hydrogen) atoms. The molecule has 4 rings (SSSR count). The number of aromatic nitrogens is 1. The summed E-state index contributed by atoms with van der Waals surface area (Å²) in [5.41, 5.74) is 10.9. The minimum Gasteiger partial charge on any atom is -0.328 e. The molecule has 0 spiro atoms. The molecule has 0 bridgehead atoms. The second kappa shape index (κ2) is 6.06. The lowest BCUT2D eigenvalue weighted by Gasteiger charge is -2.08.